The molecule has 0 saturated carbocycles. The van der Waals surface area contributed by atoms with Crippen molar-refractivity contribution in [1.82, 2.24) is 9.97 Å². The van der Waals surface area contributed by atoms with E-state index < -0.39 is 23.9 Å². The van der Waals surface area contributed by atoms with Crippen LogP contribution in [0.4, 0.5) is 24.5 Å². The number of alkyl halides is 3. The zero-order valence-corrected chi connectivity index (χ0v) is 19.6. The highest BCUT2D eigenvalue weighted by Gasteiger charge is 2.30. The Balaban J connectivity index is 1.55. The van der Waals surface area contributed by atoms with Crippen molar-refractivity contribution in [3.05, 3.63) is 76.4 Å². The predicted molar refractivity (Wildman–Crippen MR) is 128 cm³/mol. The minimum absolute atomic E-state index is 0.0315. The van der Waals surface area contributed by atoms with Crippen molar-refractivity contribution in [1.29, 1.82) is 0 Å². The molecule has 0 aliphatic rings. The Hall–Kier alpha value is -3.15. The van der Waals surface area contributed by atoms with Gasteiger partial charge in [-0.2, -0.15) is 13.2 Å². The number of thioether (sulfide) groups is 1. The van der Waals surface area contributed by atoms with Crippen molar-refractivity contribution < 1.29 is 23.1 Å². The van der Waals surface area contributed by atoms with E-state index in [1.807, 2.05) is 13.2 Å². The summed E-state index contributed by atoms with van der Waals surface area (Å²) in [5.41, 5.74) is 1.90. The number of aromatic nitrogens is 2. The van der Waals surface area contributed by atoms with Gasteiger partial charge in [-0.25, -0.2) is 9.97 Å². The van der Waals surface area contributed by atoms with Crippen LogP contribution < -0.4 is 10.6 Å². The Morgan fingerprint density at radius 2 is 1.97 bits per heavy atom. The van der Waals surface area contributed by atoms with E-state index in [1.54, 1.807) is 23.6 Å². The van der Waals surface area contributed by atoms with Crippen LogP contribution >= 0.6 is 23.1 Å². The van der Waals surface area contributed by atoms with E-state index in [0.29, 0.717) is 16.8 Å². The molecule has 0 radical (unpaired) electrons. The lowest BCUT2D eigenvalue weighted by molar-refractivity contribution is -0.137. The summed E-state index contributed by atoms with van der Waals surface area (Å²) in [4.78, 5) is 21.2. The first-order valence-corrected chi connectivity index (χ1v) is 12.1. The van der Waals surface area contributed by atoms with Gasteiger partial charge in [-0.15, -0.1) is 23.1 Å². The fourth-order valence-corrected chi connectivity index (χ4v) is 5.06. The molecule has 176 valence electrons. The lowest BCUT2D eigenvalue weighted by Crippen LogP contribution is -2.15. The quantitative estimate of drug-likeness (QED) is 0.167. The number of nitrogens with one attached hydrogen (secondary N) is 2. The van der Waals surface area contributed by atoms with Gasteiger partial charge in [0.15, 0.2) is 6.23 Å². The van der Waals surface area contributed by atoms with Crippen molar-refractivity contribution in [3.8, 4) is 0 Å². The minimum atomic E-state index is -4.51. The second-order valence-corrected chi connectivity index (χ2v) is 9.04. The number of hydrogen-bond donors (Lipinski definition) is 3. The molecule has 2 aromatic carbocycles. The van der Waals surface area contributed by atoms with Crippen molar-refractivity contribution in [2.45, 2.75) is 24.4 Å². The van der Waals surface area contributed by atoms with E-state index in [9.17, 15) is 23.1 Å². The third kappa shape index (κ3) is 5.01. The monoisotopic (exact) mass is 504 g/mol. The van der Waals surface area contributed by atoms with Crippen LogP contribution in [0.2, 0.25) is 0 Å². The van der Waals surface area contributed by atoms with Gasteiger partial charge in [-0.3, -0.25) is 4.79 Å². The number of amides is 1. The molecular weight excluding hydrogens is 485 g/mol. The van der Waals surface area contributed by atoms with Crippen LogP contribution in [0.15, 0.2) is 59.2 Å². The summed E-state index contributed by atoms with van der Waals surface area (Å²) in [6.07, 6.45) is -2.25. The molecular formula is C23H19F3N4O2S2. The molecule has 3 N–H and O–H groups in total. The molecule has 2 heterocycles. The number of thiophene rings is 1. The van der Waals surface area contributed by atoms with Crippen LogP contribution in [0.3, 0.4) is 0 Å². The van der Waals surface area contributed by atoms with Gasteiger partial charge in [0.05, 0.1) is 15.8 Å². The van der Waals surface area contributed by atoms with Crippen LogP contribution in [-0.2, 0) is 6.18 Å². The summed E-state index contributed by atoms with van der Waals surface area (Å²) >= 11 is 2.92. The molecule has 0 aliphatic heterocycles. The number of carbonyl (C=O) groups excluding carboxylic acids is 1. The highest BCUT2D eigenvalue weighted by Crippen LogP contribution is 2.35. The van der Waals surface area contributed by atoms with Gasteiger partial charge >= 0.3 is 6.18 Å². The summed E-state index contributed by atoms with van der Waals surface area (Å²) in [5.74, 6) is -0.574. The van der Waals surface area contributed by atoms with Gasteiger partial charge in [0, 0.05) is 27.9 Å². The second kappa shape index (κ2) is 9.61. The van der Waals surface area contributed by atoms with Crippen LogP contribution in [0.5, 0.6) is 0 Å². The van der Waals surface area contributed by atoms with E-state index in [4.69, 9.17) is 0 Å². The molecule has 2 aromatic heterocycles. The minimum Gasteiger partial charge on any atom is -0.369 e. The maximum atomic E-state index is 13.0. The number of anilines is 2. The fourth-order valence-electron chi connectivity index (χ4n) is 3.31. The number of aliphatic hydroxyl groups is 1. The molecule has 0 spiro atoms. The number of benzene rings is 2. The Morgan fingerprint density at radius 1 is 1.18 bits per heavy atom. The SMILES string of the molecule is CSc1ncnc2c(C(O)Nc3cc(C(=O)Nc4cccc(C(F)(F)F)c4)ccc3C)csc12. The number of carbonyl (C=O) groups is 1. The third-order valence-corrected chi connectivity index (χ3v) is 6.90. The number of fused-ring (bicyclic) bond motifs is 1. The van der Waals surface area contributed by atoms with Crippen molar-refractivity contribution in [2.75, 3.05) is 16.9 Å². The normalized spacial score (nSPS) is 12.5. The van der Waals surface area contributed by atoms with E-state index in [1.165, 1.54) is 41.6 Å². The van der Waals surface area contributed by atoms with E-state index in [-0.39, 0.29) is 11.3 Å². The van der Waals surface area contributed by atoms with Gasteiger partial charge in [-0.05, 0) is 49.1 Å². The molecule has 6 nitrogen and oxygen atoms in total. The molecule has 0 saturated heterocycles. The van der Waals surface area contributed by atoms with Gasteiger partial charge in [0.1, 0.15) is 11.4 Å². The van der Waals surface area contributed by atoms with Gasteiger partial charge in [-0.1, -0.05) is 12.1 Å². The highest BCUT2D eigenvalue weighted by atomic mass is 32.2. The summed E-state index contributed by atoms with van der Waals surface area (Å²) in [6, 6.07) is 9.22. The standard InChI is InChI=1S/C23H19F3N4O2S2/c1-12-6-7-13(20(31)29-15-5-3-4-14(9-15)23(24,25)26)8-17(12)30-21(32)16-10-34-19-18(16)27-11-28-22(19)33-2/h3-11,21,30,32H,1-2H3,(H,29,31). The van der Waals surface area contributed by atoms with Gasteiger partial charge in [0.2, 0.25) is 0 Å². The summed E-state index contributed by atoms with van der Waals surface area (Å²) in [6.45, 7) is 1.81. The molecule has 1 amide bonds. The molecule has 34 heavy (non-hydrogen) atoms. The molecule has 11 heteroatoms. The topological polar surface area (TPSA) is 87.1 Å². The number of nitrogens with zero attached hydrogens (tertiary/aromatic N) is 2. The summed E-state index contributed by atoms with van der Waals surface area (Å²) < 4.78 is 39.7. The maximum Gasteiger partial charge on any atom is 0.416 e. The molecule has 0 fully saturated rings. The Bertz CT molecular complexity index is 1360. The number of rotatable bonds is 6. The maximum absolute atomic E-state index is 13.0. The lowest BCUT2D eigenvalue weighted by atomic mass is 10.1. The fraction of sp³-hybridized carbons (Fsp3) is 0.174. The Labute approximate surface area is 201 Å². The zero-order valence-electron chi connectivity index (χ0n) is 18.0. The van der Waals surface area contributed by atoms with E-state index in [2.05, 4.69) is 20.6 Å². The molecule has 4 aromatic rings. The zero-order chi connectivity index (χ0) is 24.5. The summed E-state index contributed by atoms with van der Waals surface area (Å²) in [5, 5.41) is 18.9. The Kier molecular flexibility index (Phi) is 6.78. The summed E-state index contributed by atoms with van der Waals surface area (Å²) in [7, 11) is 0. The van der Waals surface area contributed by atoms with Crippen molar-refractivity contribution in [3.63, 3.8) is 0 Å². The number of aliphatic hydroxyl groups excluding tert-OH is 1. The molecule has 1 unspecified atom stereocenters. The average Bonchev–Trinajstić information content (AvgIpc) is 3.24. The molecule has 4 rings (SSSR count). The molecule has 1 atom stereocenters. The lowest BCUT2D eigenvalue weighted by Gasteiger charge is -2.17. The van der Waals surface area contributed by atoms with Crippen LogP contribution in [-0.4, -0.2) is 27.2 Å². The predicted octanol–water partition coefficient (Wildman–Crippen LogP) is 6.10. The van der Waals surface area contributed by atoms with Gasteiger partial charge in [0.25, 0.3) is 5.91 Å². The Morgan fingerprint density at radius 3 is 2.71 bits per heavy atom. The number of aryl methyl sites for hydroxylation is 1. The van der Waals surface area contributed by atoms with Crippen LogP contribution in [0.25, 0.3) is 10.2 Å². The average molecular weight is 505 g/mol. The van der Waals surface area contributed by atoms with Crippen LogP contribution in [0, 0.1) is 6.92 Å². The third-order valence-electron chi connectivity index (χ3n) is 5.08. The first-order valence-electron chi connectivity index (χ1n) is 9.97. The first kappa shape index (κ1) is 24.0. The smallest absolute Gasteiger partial charge is 0.369 e. The van der Waals surface area contributed by atoms with Crippen molar-refractivity contribution in [2.24, 2.45) is 0 Å². The molecule has 0 bridgehead atoms. The van der Waals surface area contributed by atoms with Crippen molar-refractivity contribution >= 4 is 50.6 Å². The largest absolute Gasteiger partial charge is 0.416 e. The number of halogens is 3. The second-order valence-electron chi connectivity index (χ2n) is 7.36. The van der Waals surface area contributed by atoms with E-state index >= 15 is 0 Å². The number of hydrogen-bond acceptors (Lipinski definition) is 7. The highest BCUT2D eigenvalue weighted by molar-refractivity contribution is 7.98. The van der Waals surface area contributed by atoms with Gasteiger partial charge < -0.3 is 15.7 Å². The van der Waals surface area contributed by atoms with E-state index in [0.717, 1.165) is 27.4 Å². The van der Waals surface area contributed by atoms with Crippen LogP contribution in [0.1, 0.15) is 33.3 Å². The molecule has 0 aliphatic carbocycles. The first-order chi connectivity index (χ1) is 16.2.